The van der Waals surface area contributed by atoms with Crippen molar-refractivity contribution in [2.75, 3.05) is 13.1 Å². The van der Waals surface area contributed by atoms with Crippen molar-refractivity contribution < 1.29 is 4.79 Å². The van der Waals surface area contributed by atoms with Gasteiger partial charge in [0.1, 0.15) is 0 Å². The van der Waals surface area contributed by atoms with E-state index in [1.165, 1.54) is 38.0 Å². The molecule has 0 N–H and O–H groups in total. The largest absolute Gasteiger partial charge is 0.342 e. The van der Waals surface area contributed by atoms with E-state index >= 15 is 0 Å². The van der Waals surface area contributed by atoms with Crippen LogP contribution in [0.3, 0.4) is 0 Å². The molecule has 2 aliphatic heterocycles. The molecular weight excluding hydrogens is 200 g/mol. The predicted octanol–water partition coefficient (Wildman–Crippen LogP) is 1.71. The Hall–Kier alpha value is -1.09. The molecule has 1 aromatic rings. The molecule has 2 aliphatic rings. The summed E-state index contributed by atoms with van der Waals surface area (Å²) in [7, 11) is 0. The van der Waals surface area contributed by atoms with Crippen LogP contribution in [0.2, 0.25) is 0 Å². The molecule has 0 bridgehead atoms. The highest BCUT2D eigenvalue weighted by Gasteiger charge is 2.26. The number of carbonyl (C=O) groups excluding carboxylic acids is 1. The van der Waals surface area contributed by atoms with E-state index in [2.05, 4.69) is 15.5 Å². The maximum absolute atomic E-state index is 10.8. The average molecular weight is 218 g/mol. The number of hydrogen-bond acceptors (Lipinski definition) is 2. The number of aldehydes is 1. The van der Waals surface area contributed by atoms with Crippen LogP contribution < -0.4 is 0 Å². The van der Waals surface area contributed by atoms with E-state index in [4.69, 9.17) is 0 Å². The Morgan fingerprint density at radius 3 is 2.75 bits per heavy atom. The lowest BCUT2D eigenvalue weighted by Crippen LogP contribution is -2.38. The van der Waals surface area contributed by atoms with Crippen molar-refractivity contribution in [3.05, 3.63) is 23.5 Å². The Bertz CT molecular complexity index is 391. The second kappa shape index (κ2) is 4.06. The molecule has 86 valence electrons. The highest BCUT2D eigenvalue weighted by atomic mass is 16.1. The Kier molecular flexibility index (Phi) is 2.56. The van der Waals surface area contributed by atoms with E-state index in [1.54, 1.807) is 0 Å². The Labute approximate surface area is 96.0 Å². The van der Waals surface area contributed by atoms with Gasteiger partial charge in [0.25, 0.3) is 0 Å². The van der Waals surface area contributed by atoms with E-state index in [9.17, 15) is 4.79 Å². The smallest absolute Gasteiger partial charge is 0.166 e. The maximum Gasteiger partial charge on any atom is 0.166 e. The molecule has 3 rings (SSSR count). The lowest BCUT2D eigenvalue weighted by Gasteiger charge is -2.32. The van der Waals surface area contributed by atoms with Gasteiger partial charge in [-0.2, -0.15) is 0 Å². The molecule has 1 fully saturated rings. The summed E-state index contributed by atoms with van der Waals surface area (Å²) in [5.41, 5.74) is 2.18. The summed E-state index contributed by atoms with van der Waals surface area (Å²) < 4.78 is 2.18. The van der Waals surface area contributed by atoms with Crippen molar-refractivity contribution in [3.8, 4) is 0 Å². The molecule has 0 amide bonds. The Morgan fingerprint density at radius 1 is 1.19 bits per heavy atom. The molecule has 1 aromatic heterocycles. The van der Waals surface area contributed by atoms with Gasteiger partial charge in [0.05, 0.1) is 5.69 Å². The zero-order valence-corrected chi connectivity index (χ0v) is 9.56. The highest BCUT2D eigenvalue weighted by Crippen LogP contribution is 2.24. The number of carbonyl (C=O) groups is 1. The quantitative estimate of drug-likeness (QED) is 0.706. The van der Waals surface area contributed by atoms with Crippen LogP contribution in [0.5, 0.6) is 0 Å². The zero-order valence-electron chi connectivity index (χ0n) is 9.56. The molecular formula is C13H18N2O. The minimum absolute atomic E-state index is 0.712. The van der Waals surface area contributed by atoms with E-state index < -0.39 is 0 Å². The van der Waals surface area contributed by atoms with Gasteiger partial charge in [-0.3, -0.25) is 9.69 Å². The highest BCUT2D eigenvalue weighted by molar-refractivity contribution is 5.72. The topological polar surface area (TPSA) is 25.2 Å². The molecule has 0 spiro atoms. The van der Waals surface area contributed by atoms with Crippen molar-refractivity contribution in [1.82, 2.24) is 9.47 Å². The first kappa shape index (κ1) is 10.1. The second-order valence-electron chi connectivity index (χ2n) is 4.91. The molecule has 0 radical (unpaired) electrons. The summed E-state index contributed by atoms with van der Waals surface area (Å²) in [6.45, 7) is 3.55. The number of likely N-dealkylation sites (tertiary alicyclic amines) is 1. The molecule has 1 saturated heterocycles. The monoisotopic (exact) mass is 218 g/mol. The fraction of sp³-hybridized carbons (Fsp3) is 0.615. The van der Waals surface area contributed by atoms with E-state index in [1.807, 2.05) is 6.07 Å². The standard InChI is InChI=1S/C13H18N2O/c16-10-13-4-3-12-9-11(5-8-15(12)13)14-6-1-2-7-14/h3-4,10-11H,1-2,5-9H2. The van der Waals surface area contributed by atoms with Crippen LogP contribution in [0.4, 0.5) is 0 Å². The molecule has 3 nitrogen and oxygen atoms in total. The van der Waals surface area contributed by atoms with Crippen LogP contribution >= 0.6 is 0 Å². The molecule has 0 aromatic carbocycles. The zero-order chi connectivity index (χ0) is 11.0. The molecule has 0 aliphatic carbocycles. The SMILES string of the molecule is O=Cc1ccc2n1CCC(N1CCCC1)C2. The van der Waals surface area contributed by atoms with Crippen molar-refractivity contribution >= 4 is 6.29 Å². The lowest BCUT2D eigenvalue weighted by molar-refractivity contribution is 0.111. The lowest BCUT2D eigenvalue weighted by atomic mass is 10.0. The number of aromatic nitrogens is 1. The molecule has 3 heteroatoms. The van der Waals surface area contributed by atoms with Crippen LogP contribution in [-0.2, 0) is 13.0 Å². The fourth-order valence-electron chi connectivity index (χ4n) is 3.12. The van der Waals surface area contributed by atoms with Crippen molar-refractivity contribution in [1.29, 1.82) is 0 Å². The van der Waals surface area contributed by atoms with Gasteiger partial charge in [-0.1, -0.05) is 0 Å². The van der Waals surface area contributed by atoms with Crippen molar-refractivity contribution in [2.24, 2.45) is 0 Å². The van der Waals surface area contributed by atoms with Crippen LogP contribution in [-0.4, -0.2) is 34.9 Å². The molecule has 1 unspecified atom stereocenters. The summed E-state index contributed by atoms with van der Waals surface area (Å²) in [4.78, 5) is 13.5. The van der Waals surface area contributed by atoms with Gasteiger partial charge in [-0.15, -0.1) is 0 Å². The van der Waals surface area contributed by atoms with Gasteiger partial charge in [-0.25, -0.2) is 0 Å². The maximum atomic E-state index is 10.8. The molecule has 16 heavy (non-hydrogen) atoms. The molecule has 1 atom stereocenters. The Morgan fingerprint density at radius 2 is 2.00 bits per heavy atom. The van der Waals surface area contributed by atoms with Crippen molar-refractivity contribution in [2.45, 2.75) is 38.3 Å². The van der Waals surface area contributed by atoms with E-state index in [-0.39, 0.29) is 0 Å². The second-order valence-corrected chi connectivity index (χ2v) is 4.91. The van der Waals surface area contributed by atoms with E-state index in [0.29, 0.717) is 6.04 Å². The first-order valence-corrected chi connectivity index (χ1v) is 6.26. The summed E-state index contributed by atoms with van der Waals surface area (Å²) in [5, 5.41) is 0. The molecule has 3 heterocycles. The average Bonchev–Trinajstić information content (AvgIpc) is 2.97. The number of fused-ring (bicyclic) bond motifs is 1. The third-order valence-corrected chi connectivity index (χ3v) is 4.01. The molecule has 0 saturated carbocycles. The number of rotatable bonds is 2. The van der Waals surface area contributed by atoms with Gasteiger partial charge in [-0.05, 0) is 44.5 Å². The van der Waals surface area contributed by atoms with Gasteiger partial charge >= 0.3 is 0 Å². The van der Waals surface area contributed by atoms with Gasteiger partial charge in [0, 0.05) is 24.7 Å². The van der Waals surface area contributed by atoms with Gasteiger partial charge in [0.2, 0.25) is 0 Å². The van der Waals surface area contributed by atoms with E-state index in [0.717, 1.165) is 24.9 Å². The summed E-state index contributed by atoms with van der Waals surface area (Å²) in [5.74, 6) is 0. The normalized spacial score (nSPS) is 25.6. The summed E-state index contributed by atoms with van der Waals surface area (Å²) in [6, 6.07) is 4.78. The van der Waals surface area contributed by atoms with Gasteiger partial charge in [0.15, 0.2) is 6.29 Å². The van der Waals surface area contributed by atoms with Crippen LogP contribution in [0.15, 0.2) is 12.1 Å². The fourth-order valence-corrected chi connectivity index (χ4v) is 3.12. The minimum Gasteiger partial charge on any atom is -0.342 e. The summed E-state index contributed by atoms with van der Waals surface area (Å²) in [6.07, 6.45) is 6.00. The first-order valence-electron chi connectivity index (χ1n) is 6.26. The number of hydrogen-bond donors (Lipinski definition) is 0. The van der Waals surface area contributed by atoms with Gasteiger partial charge < -0.3 is 4.57 Å². The third-order valence-electron chi connectivity index (χ3n) is 4.01. The predicted molar refractivity (Wildman–Crippen MR) is 62.7 cm³/mol. The van der Waals surface area contributed by atoms with Crippen LogP contribution in [0, 0.1) is 0 Å². The minimum atomic E-state index is 0.712. The summed E-state index contributed by atoms with van der Waals surface area (Å²) >= 11 is 0. The third kappa shape index (κ3) is 1.59. The number of nitrogens with zero attached hydrogens (tertiary/aromatic N) is 2. The first-order chi connectivity index (χ1) is 7.88. The Balaban J connectivity index is 1.78. The van der Waals surface area contributed by atoms with Crippen LogP contribution in [0.1, 0.15) is 35.4 Å². The van der Waals surface area contributed by atoms with Crippen LogP contribution in [0.25, 0.3) is 0 Å². The van der Waals surface area contributed by atoms with Crippen molar-refractivity contribution in [3.63, 3.8) is 0 Å².